The van der Waals surface area contributed by atoms with Crippen LogP contribution in [0.15, 0.2) is 66.2 Å². The van der Waals surface area contributed by atoms with Crippen LogP contribution < -0.4 is 27.6 Å². The number of rotatable bonds is 7. The standard InChI is InChI=1S/C23H18ClN7O6S/c1-28-22(35)31(23(36)29(28)2)17(19(33)26-16-9-12(25-11-32)3-4-15(16)24)18-27-20-14(5-7-37-20)21(34)30(18)13-6-8-38-10-13/h3-11,17H,1-2H3,(H,25,32)(H,26,33). The highest BCUT2D eigenvalue weighted by atomic mass is 35.5. The largest absolute Gasteiger partial charge is 0.446 e. The summed E-state index contributed by atoms with van der Waals surface area (Å²) in [4.78, 5) is 69.1. The van der Waals surface area contributed by atoms with Crippen LogP contribution in [0.5, 0.6) is 0 Å². The van der Waals surface area contributed by atoms with E-state index in [0.29, 0.717) is 22.4 Å². The van der Waals surface area contributed by atoms with Crippen LogP contribution in [-0.2, 0) is 23.7 Å². The molecular formula is C23H18ClN7O6S. The number of nitrogens with zero attached hydrogens (tertiary/aromatic N) is 5. The number of hydrogen-bond acceptors (Lipinski definition) is 8. The van der Waals surface area contributed by atoms with Gasteiger partial charge in [0.05, 0.1) is 22.7 Å². The number of furan rings is 1. The monoisotopic (exact) mass is 555 g/mol. The number of nitrogens with one attached hydrogen (secondary N) is 2. The third kappa shape index (κ3) is 4.05. The Morgan fingerprint density at radius 1 is 1.13 bits per heavy atom. The molecule has 5 aromatic rings. The number of anilines is 2. The molecular weight excluding hydrogens is 538 g/mol. The van der Waals surface area contributed by atoms with Gasteiger partial charge in [-0.15, -0.1) is 0 Å². The van der Waals surface area contributed by atoms with Gasteiger partial charge >= 0.3 is 11.4 Å². The van der Waals surface area contributed by atoms with Crippen LogP contribution in [0, 0.1) is 0 Å². The Hall–Kier alpha value is -4.69. The third-order valence-electron chi connectivity index (χ3n) is 5.90. The lowest BCUT2D eigenvalue weighted by atomic mass is 10.2. The minimum atomic E-state index is -1.73. The Morgan fingerprint density at radius 3 is 2.53 bits per heavy atom. The molecule has 0 bridgehead atoms. The van der Waals surface area contributed by atoms with Crippen LogP contribution in [0.4, 0.5) is 11.4 Å². The summed E-state index contributed by atoms with van der Waals surface area (Å²) in [5, 5.41) is 8.68. The quantitative estimate of drug-likeness (QED) is 0.289. The number of halogens is 1. The van der Waals surface area contributed by atoms with Gasteiger partial charge in [-0.25, -0.2) is 23.5 Å². The van der Waals surface area contributed by atoms with Crippen LogP contribution >= 0.6 is 22.9 Å². The summed E-state index contributed by atoms with van der Waals surface area (Å²) in [6.07, 6.45) is 1.72. The maximum absolute atomic E-state index is 13.9. The van der Waals surface area contributed by atoms with Crippen molar-refractivity contribution in [2.45, 2.75) is 6.04 Å². The SMILES string of the molecule is Cn1c(=O)n(C(C(=O)Nc2cc(NC=O)ccc2Cl)c2nc3occc3c(=O)n2-c2ccsc2)c(=O)n1C. The fourth-order valence-corrected chi connectivity index (χ4v) is 4.73. The molecule has 4 aromatic heterocycles. The van der Waals surface area contributed by atoms with Gasteiger partial charge in [0.25, 0.3) is 11.5 Å². The van der Waals surface area contributed by atoms with Crippen molar-refractivity contribution in [1.82, 2.24) is 23.5 Å². The molecule has 5 rings (SSSR count). The highest BCUT2D eigenvalue weighted by molar-refractivity contribution is 7.08. The van der Waals surface area contributed by atoms with Crippen molar-refractivity contribution in [2.75, 3.05) is 10.6 Å². The van der Waals surface area contributed by atoms with Gasteiger partial charge in [0.1, 0.15) is 5.39 Å². The van der Waals surface area contributed by atoms with Gasteiger partial charge in [0, 0.05) is 25.2 Å². The number of amides is 2. The summed E-state index contributed by atoms with van der Waals surface area (Å²) in [7, 11) is 2.71. The topological polar surface area (TPSA) is 155 Å². The van der Waals surface area contributed by atoms with Crippen LogP contribution in [0.25, 0.3) is 16.8 Å². The molecule has 0 aliphatic heterocycles. The van der Waals surface area contributed by atoms with Gasteiger partial charge in [-0.2, -0.15) is 16.3 Å². The Bertz CT molecular complexity index is 1850. The van der Waals surface area contributed by atoms with Crippen molar-refractivity contribution >= 4 is 57.7 Å². The highest BCUT2D eigenvalue weighted by Gasteiger charge is 2.34. The van der Waals surface area contributed by atoms with Crippen molar-refractivity contribution in [3.8, 4) is 5.69 Å². The van der Waals surface area contributed by atoms with E-state index in [9.17, 15) is 24.0 Å². The summed E-state index contributed by atoms with van der Waals surface area (Å²) < 4.78 is 9.23. The zero-order valence-corrected chi connectivity index (χ0v) is 21.3. The zero-order valence-electron chi connectivity index (χ0n) is 19.7. The summed E-state index contributed by atoms with van der Waals surface area (Å²) >= 11 is 7.57. The maximum Gasteiger partial charge on any atom is 0.348 e. The molecule has 13 nitrogen and oxygen atoms in total. The van der Waals surface area contributed by atoms with E-state index in [4.69, 9.17) is 16.0 Å². The van der Waals surface area contributed by atoms with Gasteiger partial charge in [0.15, 0.2) is 11.9 Å². The van der Waals surface area contributed by atoms with Crippen molar-refractivity contribution in [3.63, 3.8) is 0 Å². The van der Waals surface area contributed by atoms with Crippen LogP contribution in [0.3, 0.4) is 0 Å². The number of carbonyl (C=O) groups excluding carboxylic acids is 2. The fourth-order valence-electron chi connectivity index (χ4n) is 3.95. The number of carbonyl (C=O) groups is 2. The van der Waals surface area contributed by atoms with Gasteiger partial charge in [-0.3, -0.25) is 19.0 Å². The second-order valence-corrected chi connectivity index (χ2v) is 9.25. The van der Waals surface area contributed by atoms with Crippen molar-refractivity contribution < 1.29 is 14.0 Å². The molecule has 0 fully saturated rings. The van der Waals surface area contributed by atoms with Crippen molar-refractivity contribution in [2.24, 2.45) is 14.1 Å². The minimum Gasteiger partial charge on any atom is -0.446 e. The van der Waals surface area contributed by atoms with Crippen molar-refractivity contribution in [3.05, 3.63) is 89.5 Å². The number of thiophene rings is 1. The first-order chi connectivity index (χ1) is 18.2. The smallest absolute Gasteiger partial charge is 0.348 e. The lowest BCUT2D eigenvalue weighted by Crippen LogP contribution is -2.42. The molecule has 0 saturated carbocycles. The molecule has 4 heterocycles. The molecule has 0 aliphatic rings. The first-order valence-electron chi connectivity index (χ1n) is 10.9. The van der Waals surface area contributed by atoms with E-state index in [2.05, 4.69) is 15.6 Å². The molecule has 2 N–H and O–H groups in total. The lowest BCUT2D eigenvalue weighted by molar-refractivity contribution is -0.118. The highest BCUT2D eigenvalue weighted by Crippen LogP contribution is 2.28. The molecule has 38 heavy (non-hydrogen) atoms. The van der Waals surface area contributed by atoms with E-state index in [0.717, 1.165) is 13.9 Å². The summed E-state index contributed by atoms with van der Waals surface area (Å²) in [6.45, 7) is 0. The normalized spacial score (nSPS) is 12.0. The number of aromatic nitrogens is 5. The van der Waals surface area contributed by atoms with Gasteiger partial charge in [-0.05, 0) is 35.7 Å². The summed E-state index contributed by atoms with van der Waals surface area (Å²) in [6, 6.07) is 5.69. The molecule has 194 valence electrons. The molecule has 0 radical (unpaired) electrons. The molecule has 15 heteroatoms. The maximum atomic E-state index is 13.9. The van der Waals surface area contributed by atoms with Crippen LogP contribution in [-0.4, -0.2) is 35.8 Å². The van der Waals surface area contributed by atoms with E-state index < -0.39 is 28.9 Å². The number of hydrogen-bond donors (Lipinski definition) is 2. The predicted octanol–water partition coefficient (Wildman–Crippen LogP) is 1.69. The summed E-state index contributed by atoms with van der Waals surface area (Å²) in [5.74, 6) is -1.14. The molecule has 1 unspecified atom stereocenters. The second-order valence-electron chi connectivity index (χ2n) is 8.06. The van der Waals surface area contributed by atoms with E-state index in [1.165, 1.54) is 56.0 Å². The van der Waals surface area contributed by atoms with Gasteiger partial charge < -0.3 is 15.1 Å². The minimum absolute atomic E-state index is 0.0784. The number of benzene rings is 1. The number of fused-ring (bicyclic) bond motifs is 1. The Morgan fingerprint density at radius 2 is 1.87 bits per heavy atom. The zero-order chi connectivity index (χ0) is 27.1. The molecule has 0 spiro atoms. The molecule has 1 atom stereocenters. The summed E-state index contributed by atoms with van der Waals surface area (Å²) in [5.41, 5.74) is -1.51. The van der Waals surface area contributed by atoms with E-state index >= 15 is 0 Å². The van der Waals surface area contributed by atoms with Gasteiger partial charge in [-0.1, -0.05) is 11.6 Å². The fraction of sp³-hybridized carbons (Fsp3) is 0.130. The molecule has 0 aliphatic carbocycles. The van der Waals surface area contributed by atoms with E-state index in [-0.39, 0.29) is 27.6 Å². The average molecular weight is 556 g/mol. The molecule has 2 amide bonds. The Labute approximate surface area is 221 Å². The third-order valence-corrected chi connectivity index (χ3v) is 6.90. The molecule has 0 saturated heterocycles. The van der Waals surface area contributed by atoms with Crippen molar-refractivity contribution in [1.29, 1.82) is 0 Å². The van der Waals surface area contributed by atoms with E-state index in [1.54, 1.807) is 16.8 Å². The first kappa shape index (κ1) is 25.0. The van der Waals surface area contributed by atoms with Crippen LogP contribution in [0.2, 0.25) is 5.02 Å². The molecule has 1 aromatic carbocycles. The second kappa shape index (κ2) is 9.64. The predicted molar refractivity (Wildman–Crippen MR) is 140 cm³/mol. The van der Waals surface area contributed by atoms with E-state index in [1.807, 2.05) is 0 Å². The first-order valence-corrected chi connectivity index (χ1v) is 12.2. The van der Waals surface area contributed by atoms with Crippen LogP contribution in [0.1, 0.15) is 11.9 Å². The van der Waals surface area contributed by atoms with Gasteiger partial charge in [0.2, 0.25) is 12.1 Å². The average Bonchev–Trinajstić information content (AvgIpc) is 3.63. The lowest BCUT2D eigenvalue weighted by Gasteiger charge is -2.20. The Balaban J connectivity index is 1.79. The Kier molecular flexibility index (Phi) is 6.34.